The van der Waals surface area contributed by atoms with Crippen LogP contribution < -0.4 is 4.90 Å². The topological polar surface area (TPSA) is 74.7 Å². The molecule has 19 heavy (non-hydrogen) atoms. The van der Waals surface area contributed by atoms with Gasteiger partial charge in [0.2, 0.25) is 0 Å². The van der Waals surface area contributed by atoms with Crippen LogP contribution in [0.25, 0.3) is 0 Å². The zero-order chi connectivity index (χ0) is 14.0. The summed E-state index contributed by atoms with van der Waals surface area (Å²) in [6, 6.07) is 5.07. The molecule has 0 spiro atoms. The lowest BCUT2D eigenvalue weighted by Crippen LogP contribution is -2.30. The van der Waals surface area contributed by atoms with E-state index in [1.165, 1.54) is 4.90 Å². The molecule has 0 fully saturated rings. The Labute approximate surface area is 118 Å². The lowest BCUT2D eigenvalue weighted by Gasteiger charge is -2.16. The summed E-state index contributed by atoms with van der Waals surface area (Å²) < 4.78 is 0.796. The second-order valence-electron chi connectivity index (χ2n) is 4.30. The largest absolute Gasteiger partial charge is 0.481 e. The molecule has 1 heterocycles. The first-order valence-electron chi connectivity index (χ1n) is 5.88. The number of hydrogen-bond acceptors (Lipinski definition) is 3. The molecule has 2 rings (SSSR count). The minimum absolute atomic E-state index is 0.0708. The van der Waals surface area contributed by atoms with Crippen molar-refractivity contribution in [3.8, 4) is 0 Å². The number of unbranched alkanes of at least 4 members (excludes halogenated alkanes) is 1. The minimum atomic E-state index is -0.855. The third-order valence-corrected chi connectivity index (χ3v) is 3.45. The van der Waals surface area contributed by atoms with Crippen LogP contribution in [-0.2, 0) is 9.59 Å². The minimum Gasteiger partial charge on any atom is -0.481 e. The Morgan fingerprint density at radius 2 is 2.00 bits per heavy atom. The number of carboxylic acid groups (broad SMARTS) is 1. The van der Waals surface area contributed by atoms with E-state index < -0.39 is 17.7 Å². The third-order valence-electron chi connectivity index (χ3n) is 2.96. The molecule has 0 radical (unpaired) electrons. The zero-order valence-corrected chi connectivity index (χ0v) is 11.6. The standard InChI is InChI=1S/C13H12BrNO4/c14-8-4-5-9-10(7-8)15(13(19)12(9)18)6-2-1-3-11(16)17/h4-5,7H,1-3,6H2,(H,16,17). The maximum Gasteiger partial charge on any atom is 0.303 e. The number of fused-ring (bicyclic) bond motifs is 1. The number of benzene rings is 1. The summed E-state index contributed by atoms with van der Waals surface area (Å²) in [6.45, 7) is 0.362. The monoisotopic (exact) mass is 325 g/mol. The number of nitrogens with zero attached hydrogens (tertiary/aromatic N) is 1. The van der Waals surface area contributed by atoms with Crippen molar-refractivity contribution in [2.24, 2.45) is 0 Å². The Morgan fingerprint density at radius 1 is 1.26 bits per heavy atom. The summed E-state index contributed by atoms with van der Waals surface area (Å²) in [6.07, 6.45) is 1.11. The summed E-state index contributed by atoms with van der Waals surface area (Å²) in [5, 5.41) is 8.55. The Morgan fingerprint density at radius 3 is 2.68 bits per heavy atom. The van der Waals surface area contributed by atoms with E-state index in [0.717, 1.165) is 4.47 Å². The van der Waals surface area contributed by atoms with Gasteiger partial charge >= 0.3 is 5.97 Å². The van der Waals surface area contributed by atoms with Gasteiger partial charge in [-0.25, -0.2) is 0 Å². The molecule has 1 N–H and O–H groups in total. The van der Waals surface area contributed by atoms with Gasteiger partial charge in [-0.2, -0.15) is 0 Å². The number of carbonyl (C=O) groups is 3. The Kier molecular flexibility index (Phi) is 3.99. The van der Waals surface area contributed by atoms with Crippen LogP contribution in [0.15, 0.2) is 22.7 Å². The summed E-state index contributed by atoms with van der Waals surface area (Å²) in [4.78, 5) is 35.4. The van der Waals surface area contributed by atoms with Gasteiger partial charge in [0.05, 0.1) is 11.3 Å². The van der Waals surface area contributed by atoms with Gasteiger partial charge < -0.3 is 10.0 Å². The number of Topliss-reactive ketones (excluding diaryl/α,β-unsaturated/α-hetero) is 1. The van der Waals surface area contributed by atoms with Crippen LogP contribution in [0.5, 0.6) is 0 Å². The number of anilines is 1. The highest BCUT2D eigenvalue weighted by Gasteiger charge is 2.35. The van der Waals surface area contributed by atoms with E-state index >= 15 is 0 Å². The van der Waals surface area contributed by atoms with E-state index in [9.17, 15) is 14.4 Å². The van der Waals surface area contributed by atoms with Crippen molar-refractivity contribution in [2.45, 2.75) is 19.3 Å². The molecule has 1 aromatic carbocycles. The molecule has 0 unspecified atom stereocenters. The smallest absolute Gasteiger partial charge is 0.303 e. The summed E-state index contributed by atoms with van der Waals surface area (Å²) in [7, 11) is 0. The van der Waals surface area contributed by atoms with Crippen molar-refractivity contribution in [3.05, 3.63) is 28.2 Å². The van der Waals surface area contributed by atoms with E-state index in [0.29, 0.717) is 30.6 Å². The number of halogens is 1. The number of carbonyl (C=O) groups excluding carboxylic acids is 2. The maximum atomic E-state index is 11.8. The second-order valence-corrected chi connectivity index (χ2v) is 5.21. The highest BCUT2D eigenvalue weighted by molar-refractivity contribution is 9.10. The van der Waals surface area contributed by atoms with Crippen LogP contribution in [-0.4, -0.2) is 29.3 Å². The Bertz CT molecular complexity index is 556. The number of carboxylic acids is 1. The highest BCUT2D eigenvalue weighted by atomic mass is 79.9. The molecule has 0 aromatic heterocycles. The molecule has 0 bridgehead atoms. The van der Waals surface area contributed by atoms with Gasteiger partial charge in [0.15, 0.2) is 0 Å². The number of ketones is 1. The molecule has 0 atom stereocenters. The van der Waals surface area contributed by atoms with Crippen LogP contribution >= 0.6 is 15.9 Å². The van der Waals surface area contributed by atoms with E-state index in [4.69, 9.17) is 5.11 Å². The predicted molar refractivity (Wildman–Crippen MR) is 72.3 cm³/mol. The number of rotatable bonds is 5. The van der Waals surface area contributed by atoms with Gasteiger partial charge in [0.25, 0.3) is 11.7 Å². The Balaban J connectivity index is 2.10. The van der Waals surface area contributed by atoms with Crippen molar-refractivity contribution >= 4 is 39.3 Å². The lowest BCUT2D eigenvalue weighted by atomic mass is 10.1. The van der Waals surface area contributed by atoms with E-state index in [2.05, 4.69) is 15.9 Å². The van der Waals surface area contributed by atoms with Gasteiger partial charge in [-0.1, -0.05) is 15.9 Å². The molecule has 0 saturated carbocycles. The summed E-state index contributed by atoms with van der Waals surface area (Å²) in [5.41, 5.74) is 1.01. The lowest BCUT2D eigenvalue weighted by molar-refractivity contribution is -0.137. The molecule has 1 aliphatic rings. The number of amides is 1. The van der Waals surface area contributed by atoms with Gasteiger partial charge in [0.1, 0.15) is 0 Å². The van der Waals surface area contributed by atoms with Gasteiger partial charge in [-0.05, 0) is 31.0 Å². The molecule has 5 nitrogen and oxygen atoms in total. The molecule has 1 amide bonds. The van der Waals surface area contributed by atoms with Crippen molar-refractivity contribution in [2.75, 3.05) is 11.4 Å². The van der Waals surface area contributed by atoms with Crippen molar-refractivity contribution in [3.63, 3.8) is 0 Å². The average Bonchev–Trinajstić information content (AvgIpc) is 2.58. The van der Waals surface area contributed by atoms with Crippen LogP contribution in [0.4, 0.5) is 5.69 Å². The van der Waals surface area contributed by atoms with Crippen LogP contribution in [0.2, 0.25) is 0 Å². The molecular formula is C13H12BrNO4. The van der Waals surface area contributed by atoms with Crippen molar-refractivity contribution in [1.82, 2.24) is 0 Å². The molecule has 1 aromatic rings. The molecule has 100 valence electrons. The van der Waals surface area contributed by atoms with Crippen LogP contribution in [0, 0.1) is 0 Å². The molecular weight excluding hydrogens is 314 g/mol. The second kappa shape index (κ2) is 5.52. The molecule has 0 saturated heterocycles. The Hall–Kier alpha value is -1.69. The van der Waals surface area contributed by atoms with Gasteiger partial charge in [-0.3, -0.25) is 14.4 Å². The first-order chi connectivity index (χ1) is 9.00. The number of hydrogen-bond donors (Lipinski definition) is 1. The molecule has 1 aliphatic heterocycles. The first-order valence-corrected chi connectivity index (χ1v) is 6.67. The van der Waals surface area contributed by atoms with E-state index in [-0.39, 0.29) is 6.42 Å². The highest BCUT2D eigenvalue weighted by Crippen LogP contribution is 2.31. The average molecular weight is 326 g/mol. The maximum absolute atomic E-state index is 11.8. The zero-order valence-electron chi connectivity index (χ0n) is 10.1. The molecule has 6 heteroatoms. The van der Waals surface area contributed by atoms with Crippen molar-refractivity contribution < 1.29 is 19.5 Å². The summed E-state index contributed by atoms with van der Waals surface area (Å²) in [5.74, 6) is -1.89. The van der Waals surface area contributed by atoms with Crippen LogP contribution in [0.3, 0.4) is 0 Å². The van der Waals surface area contributed by atoms with E-state index in [1.807, 2.05) is 0 Å². The number of aliphatic carboxylic acids is 1. The van der Waals surface area contributed by atoms with Crippen LogP contribution in [0.1, 0.15) is 29.6 Å². The summed E-state index contributed by atoms with van der Waals surface area (Å²) >= 11 is 3.31. The fourth-order valence-electron chi connectivity index (χ4n) is 2.04. The molecule has 0 aliphatic carbocycles. The third kappa shape index (κ3) is 2.84. The quantitative estimate of drug-likeness (QED) is 0.665. The normalized spacial score (nSPS) is 13.8. The fraction of sp³-hybridized carbons (Fsp3) is 0.308. The SMILES string of the molecule is O=C(O)CCCCN1C(=O)C(=O)c2ccc(Br)cc21. The fourth-order valence-corrected chi connectivity index (χ4v) is 2.38. The van der Waals surface area contributed by atoms with Crippen molar-refractivity contribution in [1.29, 1.82) is 0 Å². The van der Waals surface area contributed by atoms with Gasteiger partial charge in [-0.15, -0.1) is 0 Å². The van der Waals surface area contributed by atoms with Gasteiger partial charge in [0, 0.05) is 17.4 Å². The first kappa shape index (κ1) is 13.7. The van der Waals surface area contributed by atoms with E-state index in [1.54, 1.807) is 18.2 Å². The predicted octanol–water partition coefficient (Wildman–Crippen LogP) is 2.23.